The molecule has 2 aromatic carbocycles. The second kappa shape index (κ2) is 6.28. The van der Waals surface area contributed by atoms with Crippen molar-refractivity contribution in [1.29, 1.82) is 0 Å². The van der Waals surface area contributed by atoms with Crippen LogP contribution in [0, 0.1) is 5.82 Å². The highest BCUT2D eigenvalue weighted by molar-refractivity contribution is 5.21. The quantitative estimate of drug-likeness (QED) is 0.848. The van der Waals surface area contributed by atoms with E-state index in [2.05, 4.69) is 5.32 Å². The van der Waals surface area contributed by atoms with Crippen LogP contribution in [0.1, 0.15) is 17.2 Å². The Labute approximate surface area is 106 Å². The maximum atomic E-state index is 12.8. The Morgan fingerprint density at radius 2 is 1.67 bits per heavy atom. The molecule has 2 rings (SSSR count). The third-order valence-corrected chi connectivity index (χ3v) is 2.85. The lowest BCUT2D eigenvalue weighted by Crippen LogP contribution is -2.23. The van der Waals surface area contributed by atoms with Crippen LogP contribution in [0.2, 0.25) is 0 Å². The predicted octanol–water partition coefficient (Wildman–Crippen LogP) is 2.65. The Morgan fingerprint density at radius 1 is 1.00 bits per heavy atom. The Morgan fingerprint density at radius 3 is 2.28 bits per heavy atom. The Kier molecular flexibility index (Phi) is 4.45. The van der Waals surface area contributed by atoms with Crippen LogP contribution >= 0.6 is 0 Å². The van der Waals surface area contributed by atoms with Gasteiger partial charge in [0.05, 0.1) is 12.6 Å². The number of aliphatic hydroxyl groups is 1. The van der Waals surface area contributed by atoms with Gasteiger partial charge in [0, 0.05) is 6.54 Å². The monoisotopic (exact) mass is 245 g/mol. The van der Waals surface area contributed by atoms with Crippen LogP contribution in [0.25, 0.3) is 0 Å². The standard InChI is InChI=1S/C15H16FNO/c16-14-8-6-13(7-9-14)15(11-18)17-10-12-4-2-1-3-5-12/h1-9,15,17-18H,10-11H2. The first-order chi connectivity index (χ1) is 8.79. The SMILES string of the molecule is OCC(NCc1ccccc1)c1ccc(F)cc1. The first-order valence-electron chi connectivity index (χ1n) is 5.93. The fraction of sp³-hybridized carbons (Fsp3) is 0.200. The second-order valence-electron chi connectivity index (χ2n) is 4.15. The summed E-state index contributed by atoms with van der Waals surface area (Å²) >= 11 is 0. The van der Waals surface area contributed by atoms with E-state index in [1.807, 2.05) is 30.3 Å². The predicted molar refractivity (Wildman–Crippen MR) is 69.5 cm³/mol. The molecule has 1 unspecified atom stereocenters. The molecule has 0 fully saturated rings. The molecule has 0 saturated carbocycles. The van der Waals surface area contributed by atoms with Crippen molar-refractivity contribution in [3.63, 3.8) is 0 Å². The number of hydrogen-bond donors (Lipinski definition) is 2. The fourth-order valence-electron chi connectivity index (χ4n) is 1.82. The third kappa shape index (κ3) is 3.39. The normalized spacial score (nSPS) is 12.3. The van der Waals surface area contributed by atoms with E-state index in [1.54, 1.807) is 12.1 Å². The highest BCUT2D eigenvalue weighted by atomic mass is 19.1. The molecule has 0 aliphatic carbocycles. The second-order valence-corrected chi connectivity index (χ2v) is 4.15. The van der Waals surface area contributed by atoms with Gasteiger partial charge in [0.2, 0.25) is 0 Å². The van der Waals surface area contributed by atoms with Crippen LogP contribution in [0.5, 0.6) is 0 Å². The molecule has 1 atom stereocenters. The summed E-state index contributed by atoms with van der Waals surface area (Å²) < 4.78 is 12.8. The Bertz CT molecular complexity index is 470. The van der Waals surface area contributed by atoms with Gasteiger partial charge >= 0.3 is 0 Å². The summed E-state index contributed by atoms with van der Waals surface area (Å²) in [6, 6.07) is 16.0. The minimum absolute atomic E-state index is 0.0154. The minimum atomic E-state index is -0.265. The molecule has 0 spiro atoms. The molecule has 94 valence electrons. The highest BCUT2D eigenvalue weighted by Crippen LogP contribution is 2.14. The lowest BCUT2D eigenvalue weighted by molar-refractivity contribution is 0.243. The van der Waals surface area contributed by atoms with Gasteiger partial charge in [-0.2, -0.15) is 0 Å². The van der Waals surface area contributed by atoms with E-state index in [-0.39, 0.29) is 18.5 Å². The van der Waals surface area contributed by atoms with Crippen molar-refractivity contribution < 1.29 is 9.50 Å². The average molecular weight is 245 g/mol. The molecular weight excluding hydrogens is 229 g/mol. The summed E-state index contributed by atoms with van der Waals surface area (Å²) in [7, 11) is 0. The summed E-state index contributed by atoms with van der Waals surface area (Å²) in [5, 5.41) is 12.6. The zero-order valence-corrected chi connectivity index (χ0v) is 10.0. The van der Waals surface area contributed by atoms with Crippen LogP contribution in [0.15, 0.2) is 54.6 Å². The minimum Gasteiger partial charge on any atom is -0.394 e. The highest BCUT2D eigenvalue weighted by Gasteiger charge is 2.09. The lowest BCUT2D eigenvalue weighted by Gasteiger charge is -2.16. The van der Waals surface area contributed by atoms with Gasteiger partial charge in [-0.3, -0.25) is 0 Å². The van der Waals surface area contributed by atoms with Crippen LogP contribution in [0.4, 0.5) is 4.39 Å². The summed E-state index contributed by atoms with van der Waals surface area (Å²) in [4.78, 5) is 0. The van der Waals surface area contributed by atoms with Crippen molar-refractivity contribution in [2.45, 2.75) is 12.6 Å². The number of rotatable bonds is 5. The average Bonchev–Trinajstić information content (AvgIpc) is 2.42. The molecule has 2 N–H and O–H groups in total. The molecule has 2 aromatic rings. The molecule has 0 aliphatic rings. The number of benzene rings is 2. The van der Waals surface area contributed by atoms with Crippen molar-refractivity contribution in [3.05, 3.63) is 71.5 Å². The molecule has 0 aromatic heterocycles. The fourth-order valence-corrected chi connectivity index (χ4v) is 1.82. The molecule has 2 nitrogen and oxygen atoms in total. The van der Waals surface area contributed by atoms with Crippen LogP contribution in [-0.4, -0.2) is 11.7 Å². The maximum absolute atomic E-state index is 12.8. The zero-order chi connectivity index (χ0) is 12.8. The van der Waals surface area contributed by atoms with Crippen molar-refractivity contribution in [1.82, 2.24) is 5.32 Å². The first-order valence-corrected chi connectivity index (χ1v) is 5.93. The van der Waals surface area contributed by atoms with Gasteiger partial charge in [-0.15, -0.1) is 0 Å². The van der Waals surface area contributed by atoms with Gasteiger partial charge in [0.15, 0.2) is 0 Å². The molecule has 18 heavy (non-hydrogen) atoms. The van der Waals surface area contributed by atoms with Crippen molar-refractivity contribution in [2.24, 2.45) is 0 Å². The summed E-state index contributed by atoms with van der Waals surface area (Å²) in [6.45, 7) is 0.655. The van der Waals surface area contributed by atoms with Gasteiger partial charge < -0.3 is 10.4 Å². The number of halogens is 1. The van der Waals surface area contributed by atoms with Crippen LogP contribution < -0.4 is 5.32 Å². The summed E-state index contributed by atoms with van der Waals surface area (Å²) in [5.41, 5.74) is 2.04. The number of nitrogens with one attached hydrogen (secondary N) is 1. The largest absolute Gasteiger partial charge is 0.394 e. The first kappa shape index (κ1) is 12.7. The van der Waals surface area contributed by atoms with Gasteiger partial charge in [-0.25, -0.2) is 4.39 Å². The number of hydrogen-bond acceptors (Lipinski definition) is 2. The van der Waals surface area contributed by atoms with E-state index >= 15 is 0 Å². The summed E-state index contributed by atoms with van der Waals surface area (Å²) in [5.74, 6) is -0.265. The van der Waals surface area contributed by atoms with E-state index in [1.165, 1.54) is 12.1 Å². The molecule has 0 amide bonds. The van der Waals surface area contributed by atoms with E-state index in [0.717, 1.165) is 11.1 Å². The number of aliphatic hydroxyl groups excluding tert-OH is 1. The van der Waals surface area contributed by atoms with E-state index in [4.69, 9.17) is 0 Å². The third-order valence-electron chi connectivity index (χ3n) is 2.85. The molecule has 3 heteroatoms. The van der Waals surface area contributed by atoms with Crippen LogP contribution in [-0.2, 0) is 6.54 Å². The van der Waals surface area contributed by atoms with Crippen molar-refractivity contribution >= 4 is 0 Å². The van der Waals surface area contributed by atoms with Gasteiger partial charge in [-0.05, 0) is 23.3 Å². The van der Waals surface area contributed by atoms with Gasteiger partial charge in [0.25, 0.3) is 0 Å². The Balaban J connectivity index is 1.99. The van der Waals surface area contributed by atoms with Crippen molar-refractivity contribution in [3.8, 4) is 0 Å². The molecule has 0 radical (unpaired) electrons. The Hall–Kier alpha value is -1.71. The molecule has 0 bridgehead atoms. The molecule has 0 saturated heterocycles. The van der Waals surface area contributed by atoms with E-state index in [0.29, 0.717) is 6.54 Å². The smallest absolute Gasteiger partial charge is 0.123 e. The lowest BCUT2D eigenvalue weighted by atomic mass is 10.1. The van der Waals surface area contributed by atoms with Crippen molar-refractivity contribution in [2.75, 3.05) is 6.61 Å². The zero-order valence-electron chi connectivity index (χ0n) is 10.0. The molecular formula is C15H16FNO. The van der Waals surface area contributed by atoms with Gasteiger partial charge in [-0.1, -0.05) is 42.5 Å². The van der Waals surface area contributed by atoms with E-state index in [9.17, 15) is 9.50 Å². The van der Waals surface area contributed by atoms with E-state index < -0.39 is 0 Å². The van der Waals surface area contributed by atoms with Gasteiger partial charge in [0.1, 0.15) is 5.82 Å². The maximum Gasteiger partial charge on any atom is 0.123 e. The summed E-state index contributed by atoms with van der Waals surface area (Å²) in [6.07, 6.45) is 0. The molecule has 0 heterocycles. The van der Waals surface area contributed by atoms with Crippen LogP contribution in [0.3, 0.4) is 0 Å². The topological polar surface area (TPSA) is 32.3 Å². The molecule has 0 aliphatic heterocycles.